The van der Waals surface area contributed by atoms with Crippen molar-refractivity contribution in [2.45, 2.75) is 6.54 Å². The van der Waals surface area contributed by atoms with Gasteiger partial charge in [-0.25, -0.2) is 0 Å². The van der Waals surface area contributed by atoms with Gasteiger partial charge in [0, 0.05) is 25.3 Å². The number of para-hydroxylation sites is 1. The molecule has 0 amide bonds. The highest BCUT2D eigenvalue weighted by molar-refractivity contribution is 14.0. The first-order valence-electron chi connectivity index (χ1n) is 5.28. The quantitative estimate of drug-likeness (QED) is 0.444. The molecule has 5 heteroatoms. The van der Waals surface area contributed by atoms with Gasteiger partial charge in [-0.1, -0.05) is 18.2 Å². The van der Waals surface area contributed by atoms with Gasteiger partial charge in [0.15, 0.2) is 5.96 Å². The zero-order valence-electron chi connectivity index (χ0n) is 9.95. The number of hydrogen-bond acceptors (Lipinski definition) is 1. The molecule has 2 rings (SSSR count). The first-order chi connectivity index (χ1) is 7.83. The van der Waals surface area contributed by atoms with Crippen LogP contribution in [0.3, 0.4) is 0 Å². The maximum absolute atomic E-state index is 4.06. The van der Waals surface area contributed by atoms with Crippen molar-refractivity contribution in [2.75, 3.05) is 14.1 Å². The van der Waals surface area contributed by atoms with Crippen molar-refractivity contribution in [3.8, 4) is 0 Å². The highest BCUT2D eigenvalue weighted by Crippen LogP contribution is 2.14. The van der Waals surface area contributed by atoms with E-state index in [4.69, 9.17) is 0 Å². The smallest absolute Gasteiger partial charge is 0.191 e. The third kappa shape index (κ3) is 3.36. The molecule has 0 saturated heterocycles. The highest BCUT2D eigenvalue weighted by atomic mass is 127. The summed E-state index contributed by atoms with van der Waals surface area (Å²) in [6, 6.07) is 10.4. The summed E-state index contributed by atoms with van der Waals surface area (Å²) in [7, 11) is 3.60. The van der Waals surface area contributed by atoms with Crippen molar-refractivity contribution in [1.29, 1.82) is 0 Å². The van der Waals surface area contributed by atoms with Crippen LogP contribution >= 0.6 is 24.0 Å². The van der Waals surface area contributed by atoms with Gasteiger partial charge in [0.05, 0.1) is 6.54 Å². The predicted octanol–water partition coefficient (Wildman–Crippen LogP) is 2.08. The number of aromatic nitrogens is 1. The molecular formula is C12H17IN4. The number of hydrogen-bond donors (Lipinski definition) is 3. The lowest BCUT2D eigenvalue weighted by molar-refractivity contribution is 0.847. The fourth-order valence-corrected chi connectivity index (χ4v) is 1.69. The normalized spacial score (nSPS) is 11.1. The Morgan fingerprint density at radius 1 is 1.35 bits per heavy atom. The van der Waals surface area contributed by atoms with Crippen LogP contribution in [0.5, 0.6) is 0 Å². The van der Waals surface area contributed by atoms with Crippen LogP contribution in [0.25, 0.3) is 10.9 Å². The van der Waals surface area contributed by atoms with E-state index in [9.17, 15) is 0 Å². The number of benzene rings is 1. The molecule has 0 aliphatic heterocycles. The molecular weight excluding hydrogens is 327 g/mol. The molecule has 0 aliphatic carbocycles. The monoisotopic (exact) mass is 344 g/mol. The molecule has 17 heavy (non-hydrogen) atoms. The number of nitrogens with one attached hydrogen (secondary N) is 3. The van der Waals surface area contributed by atoms with E-state index in [1.165, 1.54) is 10.9 Å². The Balaban J connectivity index is 0.00000144. The zero-order valence-corrected chi connectivity index (χ0v) is 12.3. The van der Waals surface area contributed by atoms with E-state index in [0.29, 0.717) is 0 Å². The van der Waals surface area contributed by atoms with Gasteiger partial charge < -0.3 is 15.6 Å². The molecule has 3 N–H and O–H groups in total. The Labute approximate surface area is 118 Å². The van der Waals surface area contributed by atoms with E-state index in [2.05, 4.69) is 38.8 Å². The van der Waals surface area contributed by atoms with Gasteiger partial charge >= 0.3 is 0 Å². The summed E-state index contributed by atoms with van der Waals surface area (Å²) in [4.78, 5) is 7.41. The lowest BCUT2D eigenvalue weighted by Crippen LogP contribution is -2.34. The minimum atomic E-state index is 0. The van der Waals surface area contributed by atoms with Gasteiger partial charge in [-0.15, -0.1) is 24.0 Å². The number of fused-ring (bicyclic) bond motifs is 1. The van der Waals surface area contributed by atoms with Crippen LogP contribution in [0, 0.1) is 0 Å². The van der Waals surface area contributed by atoms with Crippen LogP contribution in [0.2, 0.25) is 0 Å². The first kappa shape index (κ1) is 13.8. The second kappa shape index (κ2) is 6.48. The molecule has 0 aliphatic rings. The van der Waals surface area contributed by atoms with Crippen LogP contribution in [0.4, 0.5) is 0 Å². The van der Waals surface area contributed by atoms with Crippen LogP contribution < -0.4 is 10.6 Å². The van der Waals surface area contributed by atoms with Gasteiger partial charge in [0.2, 0.25) is 0 Å². The van der Waals surface area contributed by atoms with Crippen molar-refractivity contribution in [3.63, 3.8) is 0 Å². The molecule has 0 radical (unpaired) electrons. The van der Waals surface area contributed by atoms with Gasteiger partial charge in [0.25, 0.3) is 0 Å². The summed E-state index contributed by atoms with van der Waals surface area (Å²) >= 11 is 0. The Bertz CT molecular complexity index is 471. The number of nitrogens with zero attached hydrogens (tertiary/aromatic N) is 1. The summed E-state index contributed by atoms with van der Waals surface area (Å²) in [6.07, 6.45) is 0. The van der Waals surface area contributed by atoms with E-state index in [1.54, 1.807) is 7.05 Å². The summed E-state index contributed by atoms with van der Waals surface area (Å²) < 4.78 is 0. The highest BCUT2D eigenvalue weighted by Gasteiger charge is 2.00. The third-order valence-electron chi connectivity index (χ3n) is 2.49. The fourth-order valence-electron chi connectivity index (χ4n) is 1.69. The number of aliphatic imine (C=N–C) groups is 1. The maximum atomic E-state index is 4.06. The lowest BCUT2D eigenvalue weighted by atomic mass is 10.2. The summed E-state index contributed by atoms with van der Waals surface area (Å²) in [5, 5.41) is 7.42. The fraction of sp³-hybridized carbons (Fsp3) is 0.250. The van der Waals surface area contributed by atoms with Gasteiger partial charge in [-0.05, 0) is 17.5 Å². The van der Waals surface area contributed by atoms with E-state index in [1.807, 2.05) is 19.2 Å². The third-order valence-corrected chi connectivity index (χ3v) is 2.49. The molecule has 1 heterocycles. The van der Waals surface area contributed by atoms with Crippen LogP contribution in [0.1, 0.15) is 5.69 Å². The van der Waals surface area contributed by atoms with Crippen LogP contribution in [-0.2, 0) is 6.54 Å². The van der Waals surface area contributed by atoms with Crippen molar-refractivity contribution >= 4 is 40.8 Å². The van der Waals surface area contributed by atoms with Gasteiger partial charge in [0.1, 0.15) is 0 Å². The largest absolute Gasteiger partial charge is 0.359 e. The SMILES string of the molecule is CN=C(NC)NCc1cc2ccccc2[nH]1.I. The van der Waals surface area contributed by atoms with E-state index in [-0.39, 0.29) is 24.0 Å². The Hall–Kier alpha value is -1.24. The molecule has 4 nitrogen and oxygen atoms in total. The zero-order chi connectivity index (χ0) is 11.4. The Morgan fingerprint density at radius 2 is 2.12 bits per heavy atom. The molecule has 0 bridgehead atoms. The van der Waals surface area contributed by atoms with E-state index in [0.717, 1.165) is 18.2 Å². The minimum absolute atomic E-state index is 0. The topological polar surface area (TPSA) is 52.2 Å². The molecule has 0 spiro atoms. The number of aromatic amines is 1. The molecule has 0 fully saturated rings. The second-order valence-electron chi connectivity index (χ2n) is 3.56. The molecule has 2 aromatic rings. The minimum Gasteiger partial charge on any atom is -0.359 e. The van der Waals surface area contributed by atoms with E-state index < -0.39 is 0 Å². The van der Waals surface area contributed by atoms with Crippen molar-refractivity contribution in [1.82, 2.24) is 15.6 Å². The van der Waals surface area contributed by atoms with Gasteiger partial charge in [-0.2, -0.15) is 0 Å². The number of halogens is 1. The predicted molar refractivity (Wildman–Crippen MR) is 83.0 cm³/mol. The van der Waals surface area contributed by atoms with Crippen LogP contribution in [0.15, 0.2) is 35.3 Å². The molecule has 92 valence electrons. The van der Waals surface area contributed by atoms with Crippen LogP contribution in [-0.4, -0.2) is 25.0 Å². The van der Waals surface area contributed by atoms with E-state index >= 15 is 0 Å². The summed E-state index contributed by atoms with van der Waals surface area (Å²) in [5.74, 6) is 0.790. The number of rotatable bonds is 2. The molecule has 0 saturated carbocycles. The Kier molecular flexibility index (Phi) is 5.27. The standard InChI is InChI=1S/C12H16N4.HI/c1-13-12(14-2)15-8-10-7-9-5-3-4-6-11(9)16-10;/h3-7,16H,8H2,1-2H3,(H2,13,14,15);1H. The maximum Gasteiger partial charge on any atom is 0.191 e. The summed E-state index contributed by atoms with van der Waals surface area (Å²) in [5.41, 5.74) is 2.32. The van der Waals surface area contributed by atoms with Crippen molar-refractivity contribution in [2.24, 2.45) is 4.99 Å². The Morgan fingerprint density at radius 3 is 2.76 bits per heavy atom. The number of H-pyrrole nitrogens is 1. The van der Waals surface area contributed by atoms with Gasteiger partial charge in [-0.3, -0.25) is 4.99 Å². The average molecular weight is 344 g/mol. The number of guanidine groups is 1. The van der Waals surface area contributed by atoms with Crippen molar-refractivity contribution in [3.05, 3.63) is 36.0 Å². The molecule has 1 aromatic heterocycles. The lowest BCUT2D eigenvalue weighted by Gasteiger charge is -2.06. The second-order valence-corrected chi connectivity index (χ2v) is 3.56. The van der Waals surface area contributed by atoms with Crippen molar-refractivity contribution < 1.29 is 0 Å². The first-order valence-corrected chi connectivity index (χ1v) is 5.28. The molecule has 0 atom stereocenters. The average Bonchev–Trinajstić information content (AvgIpc) is 2.73. The molecule has 0 unspecified atom stereocenters. The molecule has 1 aromatic carbocycles. The summed E-state index contributed by atoms with van der Waals surface area (Å²) in [6.45, 7) is 0.738.